The molecule has 1 aliphatic rings. The fourth-order valence-electron chi connectivity index (χ4n) is 2.52. The zero-order valence-corrected chi connectivity index (χ0v) is 11.8. The predicted octanol–water partition coefficient (Wildman–Crippen LogP) is -0.303. The van der Waals surface area contributed by atoms with E-state index in [9.17, 15) is 4.79 Å². The molecule has 0 bridgehead atoms. The first-order valence-corrected chi connectivity index (χ1v) is 6.85. The van der Waals surface area contributed by atoms with Crippen LogP contribution in [0, 0.1) is 0 Å². The average molecular weight is 290 g/mol. The molecule has 0 aliphatic carbocycles. The van der Waals surface area contributed by atoms with Gasteiger partial charge < -0.3 is 9.80 Å². The van der Waals surface area contributed by atoms with E-state index in [4.69, 9.17) is 5.84 Å². The lowest BCUT2D eigenvalue weighted by Gasteiger charge is -2.22. The summed E-state index contributed by atoms with van der Waals surface area (Å²) in [6, 6.07) is 0. The number of hydrogen-bond acceptors (Lipinski definition) is 7. The summed E-state index contributed by atoms with van der Waals surface area (Å²) in [6.45, 7) is 1.95. The summed E-state index contributed by atoms with van der Waals surface area (Å²) in [5, 5.41) is 7.49. The Balaban J connectivity index is 1.84. The van der Waals surface area contributed by atoms with Crippen molar-refractivity contribution in [2.24, 2.45) is 5.84 Å². The molecule has 2 aromatic rings. The van der Waals surface area contributed by atoms with Crippen LogP contribution >= 0.6 is 0 Å². The molecule has 1 saturated heterocycles. The molecule has 112 valence electrons. The third kappa shape index (κ3) is 2.59. The molecule has 0 unspecified atom stereocenters. The van der Waals surface area contributed by atoms with Gasteiger partial charge in [0.05, 0.1) is 18.1 Å². The maximum atomic E-state index is 12.2. The van der Waals surface area contributed by atoms with Crippen molar-refractivity contribution >= 4 is 28.7 Å². The lowest BCUT2D eigenvalue weighted by atomic mass is 10.3. The summed E-state index contributed by atoms with van der Waals surface area (Å²) in [5.74, 6) is 6.38. The van der Waals surface area contributed by atoms with Gasteiger partial charge in [-0.1, -0.05) is 0 Å². The second kappa shape index (κ2) is 5.52. The Kier molecular flexibility index (Phi) is 3.57. The van der Waals surface area contributed by atoms with Gasteiger partial charge in [-0.3, -0.25) is 15.3 Å². The van der Waals surface area contributed by atoms with Crippen LogP contribution in [0.5, 0.6) is 0 Å². The zero-order chi connectivity index (χ0) is 14.8. The van der Waals surface area contributed by atoms with Crippen molar-refractivity contribution in [3.05, 3.63) is 6.20 Å². The Labute approximate surface area is 121 Å². The number of rotatable bonds is 4. The van der Waals surface area contributed by atoms with Crippen molar-refractivity contribution in [3.8, 4) is 0 Å². The minimum Gasteiger partial charge on any atom is -0.350 e. The third-order valence-electron chi connectivity index (χ3n) is 3.61. The van der Waals surface area contributed by atoms with Gasteiger partial charge in [-0.2, -0.15) is 15.1 Å². The summed E-state index contributed by atoms with van der Waals surface area (Å²) in [7, 11) is 1.82. The van der Waals surface area contributed by atoms with E-state index in [-0.39, 0.29) is 18.4 Å². The standard InChI is InChI=1S/C12H18N8O/c1-19(7-9(21)20-4-2-3-5-20)11-8-6-14-18-10(8)15-12(16-11)17-13/h6H,2-5,7,13H2,1H3,(H2,14,15,16,17,18). The molecule has 0 radical (unpaired) electrons. The normalized spacial score (nSPS) is 14.7. The highest BCUT2D eigenvalue weighted by molar-refractivity contribution is 5.90. The van der Waals surface area contributed by atoms with Gasteiger partial charge in [0, 0.05) is 20.1 Å². The number of hydrogen-bond donors (Lipinski definition) is 3. The van der Waals surface area contributed by atoms with Crippen LogP contribution in [0.15, 0.2) is 6.20 Å². The number of anilines is 2. The van der Waals surface area contributed by atoms with Crippen molar-refractivity contribution in [1.82, 2.24) is 25.1 Å². The van der Waals surface area contributed by atoms with Gasteiger partial charge in [-0.05, 0) is 12.8 Å². The van der Waals surface area contributed by atoms with Crippen molar-refractivity contribution in [3.63, 3.8) is 0 Å². The van der Waals surface area contributed by atoms with Crippen molar-refractivity contribution in [2.75, 3.05) is 37.0 Å². The monoisotopic (exact) mass is 290 g/mol. The molecule has 1 amide bonds. The van der Waals surface area contributed by atoms with Gasteiger partial charge in [0.2, 0.25) is 11.9 Å². The van der Waals surface area contributed by atoms with Crippen LogP contribution in [-0.2, 0) is 4.79 Å². The number of aromatic nitrogens is 4. The Morgan fingerprint density at radius 1 is 1.48 bits per heavy atom. The first-order valence-electron chi connectivity index (χ1n) is 6.85. The van der Waals surface area contributed by atoms with Gasteiger partial charge in [0.1, 0.15) is 5.82 Å². The number of likely N-dealkylation sites (tertiary alicyclic amines) is 1. The van der Waals surface area contributed by atoms with E-state index in [0.29, 0.717) is 11.5 Å². The highest BCUT2D eigenvalue weighted by Crippen LogP contribution is 2.22. The highest BCUT2D eigenvalue weighted by atomic mass is 16.2. The number of carbonyl (C=O) groups is 1. The number of carbonyl (C=O) groups excluding carboxylic acids is 1. The Hall–Kier alpha value is -2.42. The van der Waals surface area contributed by atoms with E-state index in [1.807, 2.05) is 11.9 Å². The second-order valence-corrected chi connectivity index (χ2v) is 5.09. The molecule has 0 aromatic carbocycles. The van der Waals surface area contributed by atoms with Gasteiger partial charge in [0.25, 0.3) is 0 Å². The van der Waals surface area contributed by atoms with E-state index >= 15 is 0 Å². The summed E-state index contributed by atoms with van der Waals surface area (Å²) >= 11 is 0. The number of nitrogens with zero attached hydrogens (tertiary/aromatic N) is 5. The summed E-state index contributed by atoms with van der Waals surface area (Å²) < 4.78 is 0. The molecule has 1 fully saturated rings. The molecular weight excluding hydrogens is 272 g/mol. The number of nitrogen functional groups attached to an aromatic ring is 1. The minimum absolute atomic E-state index is 0.104. The number of amides is 1. The van der Waals surface area contributed by atoms with Crippen LogP contribution in [0.25, 0.3) is 11.0 Å². The highest BCUT2D eigenvalue weighted by Gasteiger charge is 2.21. The summed E-state index contributed by atoms with van der Waals surface area (Å²) in [5.41, 5.74) is 3.00. The van der Waals surface area contributed by atoms with Crippen LogP contribution in [-0.4, -0.2) is 57.7 Å². The van der Waals surface area contributed by atoms with Crippen molar-refractivity contribution < 1.29 is 4.79 Å². The molecule has 4 N–H and O–H groups in total. The maximum absolute atomic E-state index is 12.2. The minimum atomic E-state index is 0.104. The largest absolute Gasteiger partial charge is 0.350 e. The number of nitrogens with two attached hydrogens (primary N) is 1. The van der Waals surface area contributed by atoms with Crippen LogP contribution in [0.3, 0.4) is 0 Å². The lowest BCUT2D eigenvalue weighted by Crippen LogP contribution is -2.37. The Morgan fingerprint density at radius 2 is 2.24 bits per heavy atom. The molecule has 0 spiro atoms. The van der Waals surface area contributed by atoms with Gasteiger partial charge in [0.15, 0.2) is 5.65 Å². The van der Waals surface area contributed by atoms with E-state index in [0.717, 1.165) is 31.3 Å². The van der Waals surface area contributed by atoms with Crippen LogP contribution in [0.1, 0.15) is 12.8 Å². The zero-order valence-electron chi connectivity index (χ0n) is 11.8. The number of fused-ring (bicyclic) bond motifs is 1. The molecule has 2 aromatic heterocycles. The molecule has 9 nitrogen and oxygen atoms in total. The number of H-pyrrole nitrogens is 1. The van der Waals surface area contributed by atoms with Crippen molar-refractivity contribution in [1.29, 1.82) is 0 Å². The first kappa shape index (κ1) is 13.6. The molecule has 3 heterocycles. The average Bonchev–Trinajstić information content (AvgIpc) is 3.16. The second-order valence-electron chi connectivity index (χ2n) is 5.09. The molecule has 3 rings (SSSR count). The summed E-state index contributed by atoms with van der Waals surface area (Å²) in [6.07, 6.45) is 3.80. The SMILES string of the molecule is CN(CC(=O)N1CCCC1)c1nc(NN)nc2[nH]ncc12. The lowest BCUT2D eigenvalue weighted by molar-refractivity contribution is -0.128. The molecule has 1 aliphatic heterocycles. The smallest absolute Gasteiger partial charge is 0.242 e. The number of aromatic amines is 1. The molecular formula is C12H18N8O. The Morgan fingerprint density at radius 3 is 2.95 bits per heavy atom. The van der Waals surface area contributed by atoms with E-state index in [1.165, 1.54) is 0 Å². The first-order chi connectivity index (χ1) is 10.2. The van der Waals surface area contributed by atoms with Crippen LogP contribution in [0.4, 0.5) is 11.8 Å². The summed E-state index contributed by atoms with van der Waals surface area (Å²) in [4.78, 5) is 24.4. The molecule has 21 heavy (non-hydrogen) atoms. The fourth-order valence-corrected chi connectivity index (χ4v) is 2.52. The van der Waals surface area contributed by atoms with Crippen LogP contribution < -0.4 is 16.2 Å². The topological polar surface area (TPSA) is 116 Å². The molecule has 0 atom stereocenters. The fraction of sp³-hybridized carbons (Fsp3) is 0.500. The van der Waals surface area contributed by atoms with Gasteiger partial charge in [-0.15, -0.1) is 0 Å². The number of nitrogens with one attached hydrogen (secondary N) is 2. The third-order valence-corrected chi connectivity index (χ3v) is 3.61. The molecule has 9 heteroatoms. The molecule has 0 saturated carbocycles. The number of hydrazine groups is 1. The Bertz CT molecular complexity index is 648. The van der Waals surface area contributed by atoms with Gasteiger partial charge in [-0.25, -0.2) is 5.84 Å². The van der Waals surface area contributed by atoms with Crippen LogP contribution in [0.2, 0.25) is 0 Å². The quantitative estimate of drug-likeness (QED) is 0.522. The van der Waals surface area contributed by atoms with Crippen molar-refractivity contribution in [2.45, 2.75) is 12.8 Å². The maximum Gasteiger partial charge on any atom is 0.242 e. The van der Waals surface area contributed by atoms with E-state index in [2.05, 4.69) is 25.6 Å². The van der Waals surface area contributed by atoms with E-state index in [1.54, 1.807) is 11.1 Å². The predicted molar refractivity (Wildman–Crippen MR) is 78.6 cm³/mol. The van der Waals surface area contributed by atoms with Gasteiger partial charge >= 0.3 is 0 Å². The number of likely N-dealkylation sites (N-methyl/N-ethyl adjacent to an activating group) is 1. The van der Waals surface area contributed by atoms with E-state index < -0.39 is 0 Å².